The Kier molecular flexibility index (Phi) is 8.06. The Morgan fingerprint density at radius 2 is 0.778 bits per heavy atom. The first-order valence-electron chi connectivity index (χ1n) is 21.8. The van der Waals surface area contributed by atoms with Crippen LogP contribution < -0.4 is 4.90 Å². The Morgan fingerprint density at radius 3 is 1.41 bits per heavy atom. The smallest absolute Gasteiger partial charge is 0.0714 e. The molecule has 0 saturated carbocycles. The van der Waals surface area contributed by atoms with E-state index in [2.05, 4.69) is 241 Å². The molecule has 0 aliphatic heterocycles. The summed E-state index contributed by atoms with van der Waals surface area (Å²) in [7, 11) is 0. The fourth-order valence-electron chi connectivity index (χ4n) is 11.0. The summed E-state index contributed by atoms with van der Waals surface area (Å²) < 4.78 is 2.56. The minimum Gasteiger partial charge on any atom is -0.308 e. The first-order chi connectivity index (χ1) is 31.3. The summed E-state index contributed by atoms with van der Waals surface area (Å²) in [5.41, 5.74) is 20.4. The molecule has 0 amide bonds. The average molecular weight is 818 g/mol. The molecular weight excluding hydrogens is 779 g/mol. The van der Waals surface area contributed by atoms with Gasteiger partial charge in [-0.2, -0.15) is 0 Å². The van der Waals surface area contributed by atoms with Crippen molar-refractivity contribution in [1.82, 2.24) is 0 Å². The highest BCUT2D eigenvalue weighted by Crippen LogP contribution is 2.60. The zero-order chi connectivity index (χ0) is 41.5. The van der Waals surface area contributed by atoms with Gasteiger partial charge in [-0.1, -0.05) is 206 Å². The molecule has 0 unspecified atom stereocenters. The molecule has 2 aliphatic carbocycles. The van der Waals surface area contributed by atoms with Gasteiger partial charge in [0.25, 0.3) is 0 Å². The summed E-state index contributed by atoms with van der Waals surface area (Å²) in [5.74, 6) is 0. The van der Waals surface area contributed by atoms with Crippen LogP contribution in [0.25, 0.3) is 75.8 Å². The maximum Gasteiger partial charge on any atom is 0.0714 e. The number of benzene rings is 10. The summed E-state index contributed by atoms with van der Waals surface area (Å²) in [4.78, 5) is 2.57. The molecule has 0 spiro atoms. The van der Waals surface area contributed by atoms with Crippen molar-refractivity contribution in [1.29, 1.82) is 0 Å². The first kappa shape index (κ1) is 35.9. The molecule has 0 fully saturated rings. The Bertz CT molecular complexity index is 3540. The highest BCUT2D eigenvalue weighted by atomic mass is 32.1. The summed E-state index contributed by atoms with van der Waals surface area (Å²) in [5, 5.41) is 2.56. The Hall–Kier alpha value is -7.78. The van der Waals surface area contributed by atoms with Gasteiger partial charge in [0.1, 0.15) is 0 Å². The summed E-state index contributed by atoms with van der Waals surface area (Å²) in [6.07, 6.45) is 0. The lowest BCUT2D eigenvalue weighted by Gasteiger charge is -2.34. The molecule has 11 aromatic rings. The number of rotatable bonds is 5. The van der Waals surface area contributed by atoms with E-state index in [0.29, 0.717) is 0 Å². The van der Waals surface area contributed by atoms with Crippen molar-refractivity contribution in [3.63, 3.8) is 0 Å². The van der Waals surface area contributed by atoms with Crippen molar-refractivity contribution in [2.45, 2.75) is 5.41 Å². The zero-order valence-corrected chi connectivity index (χ0v) is 35.2. The molecular formula is C61H39NS. The second-order valence-electron chi connectivity index (χ2n) is 16.7. The van der Waals surface area contributed by atoms with Crippen LogP contribution in [0.3, 0.4) is 0 Å². The lowest BCUT2D eigenvalue weighted by molar-refractivity contribution is 0.768. The predicted octanol–water partition coefficient (Wildman–Crippen LogP) is 16.9. The molecule has 0 bridgehead atoms. The Morgan fingerprint density at radius 1 is 0.317 bits per heavy atom. The topological polar surface area (TPSA) is 3.24 Å². The van der Waals surface area contributed by atoms with E-state index in [1.54, 1.807) is 0 Å². The second-order valence-corrected chi connectivity index (χ2v) is 17.7. The van der Waals surface area contributed by atoms with E-state index in [4.69, 9.17) is 0 Å². The summed E-state index contributed by atoms with van der Waals surface area (Å²) in [6, 6.07) is 88.1. The third kappa shape index (κ3) is 5.22. The van der Waals surface area contributed by atoms with Crippen LogP contribution in [0.5, 0.6) is 0 Å². The van der Waals surface area contributed by atoms with Crippen molar-refractivity contribution in [2.75, 3.05) is 4.90 Å². The van der Waals surface area contributed by atoms with E-state index in [1.807, 2.05) is 11.3 Å². The molecule has 1 nitrogen and oxygen atoms in total. The van der Waals surface area contributed by atoms with Crippen molar-refractivity contribution in [3.05, 3.63) is 259 Å². The molecule has 13 rings (SSSR count). The zero-order valence-electron chi connectivity index (χ0n) is 34.4. The quantitative estimate of drug-likeness (QED) is 0.167. The molecule has 0 radical (unpaired) electrons. The molecule has 2 aliphatic rings. The Labute approximate surface area is 371 Å². The standard InChI is InChI=1S/C61H39NS/c1-3-19-40(20-4-1)61(41-21-5-2-6-22-41)54-32-15-13-30-52(54)59-55(61)33-18-34-56(59)62(57-35-17-31-51-50-29-14-16-36-58(50)63-60(51)57)42-37-38-49-47-27-10-9-25-45(47)43-23-7-8-24-44(43)46-26-11-12-28-48(46)53(49)39-42/h1-39H. The van der Waals surface area contributed by atoms with Crippen LogP contribution in [0.2, 0.25) is 0 Å². The van der Waals surface area contributed by atoms with E-state index in [1.165, 1.54) is 104 Å². The number of nitrogens with zero attached hydrogens (tertiary/aromatic N) is 1. The van der Waals surface area contributed by atoms with E-state index in [9.17, 15) is 0 Å². The fraction of sp³-hybridized carbons (Fsp3) is 0.0164. The number of thiophene rings is 1. The number of hydrogen-bond donors (Lipinski definition) is 0. The molecule has 2 heteroatoms. The third-order valence-electron chi connectivity index (χ3n) is 13.5. The van der Waals surface area contributed by atoms with E-state index in [-0.39, 0.29) is 0 Å². The molecule has 0 N–H and O–H groups in total. The minimum absolute atomic E-state index is 0.526. The van der Waals surface area contributed by atoms with Crippen molar-refractivity contribution < 1.29 is 0 Å². The molecule has 294 valence electrons. The van der Waals surface area contributed by atoms with Gasteiger partial charge >= 0.3 is 0 Å². The van der Waals surface area contributed by atoms with Crippen molar-refractivity contribution >= 4 is 48.6 Å². The molecule has 0 atom stereocenters. The monoisotopic (exact) mass is 817 g/mol. The number of fused-ring (bicyclic) bond motifs is 14. The maximum absolute atomic E-state index is 2.57. The normalized spacial score (nSPS) is 12.9. The molecule has 0 saturated heterocycles. The highest BCUT2D eigenvalue weighted by Gasteiger charge is 2.47. The third-order valence-corrected chi connectivity index (χ3v) is 14.7. The van der Waals surface area contributed by atoms with Gasteiger partial charge in [-0.3, -0.25) is 0 Å². The lowest BCUT2D eigenvalue weighted by Crippen LogP contribution is -2.28. The van der Waals surface area contributed by atoms with E-state index < -0.39 is 5.41 Å². The van der Waals surface area contributed by atoms with Gasteiger partial charge in [-0.15, -0.1) is 11.3 Å². The van der Waals surface area contributed by atoms with E-state index in [0.717, 1.165) is 11.4 Å². The van der Waals surface area contributed by atoms with E-state index >= 15 is 0 Å². The van der Waals surface area contributed by atoms with Crippen LogP contribution in [0, 0.1) is 0 Å². The van der Waals surface area contributed by atoms with Crippen LogP contribution in [0.15, 0.2) is 237 Å². The average Bonchev–Trinajstić information content (AvgIpc) is 3.89. The minimum atomic E-state index is -0.526. The SMILES string of the molecule is c1ccc(C2(c3ccccc3)c3ccccc3-c3c(N(c4ccc5c(c4)-c4ccccc4-c4ccccc4-c4ccccc4-5)c4cccc5c4sc4ccccc45)cccc32)cc1. The fourth-order valence-corrected chi connectivity index (χ4v) is 12.2. The maximum atomic E-state index is 2.57. The first-order valence-corrected chi connectivity index (χ1v) is 22.6. The van der Waals surface area contributed by atoms with Crippen LogP contribution in [-0.4, -0.2) is 0 Å². The molecule has 1 heterocycles. The molecule has 10 aromatic carbocycles. The van der Waals surface area contributed by atoms with Gasteiger partial charge in [0.05, 0.1) is 21.5 Å². The second kappa shape index (κ2) is 14.1. The van der Waals surface area contributed by atoms with Crippen LogP contribution >= 0.6 is 11.3 Å². The molecule has 63 heavy (non-hydrogen) atoms. The van der Waals surface area contributed by atoms with Crippen LogP contribution in [0.1, 0.15) is 22.3 Å². The predicted molar refractivity (Wildman–Crippen MR) is 267 cm³/mol. The van der Waals surface area contributed by atoms with Crippen LogP contribution in [-0.2, 0) is 5.41 Å². The number of hydrogen-bond acceptors (Lipinski definition) is 2. The molecule has 1 aromatic heterocycles. The largest absolute Gasteiger partial charge is 0.308 e. The van der Waals surface area contributed by atoms with Gasteiger partial charge in [-0.25, -0.2) is 0 Å². The lowest BCUT2D eigenvalue weighted by atomic mass is 9.68. The van der Waals surface area contributed by atoms with Gasteiger partial charge in [0.15, 0.2) is 0 Å². The van der Waals surface area contributed by atoms with Gasteiger partial charge in [0, 0.05) is 26.7 Å². The van der Waals surface area contributed by atoms with Crippen LogP contribution in [0.4, 0.5) is 17.1 Å². The Balaban J connectivity index is 1.15. The summed E-state index contributed by atoms with van der Waals surface area (Å²) >= 11 is 1.88. The van der Waals surface area contributed by atoms with Gasteiger partial charge < -0.3 is 4.90 Å². The van der Waals surface area contributed by atoms with Gasteiger partial charge in [0.2, 0.25) is 0 Å². The van der Waals surface area contributed by atoms with Gasteiger partial charge in [-0.05, 0) is 103 Å². The van der Waals surface area contributed by atoms with Crippen molar-refractivity contribution in [2.24, 2.45) is 0 Å². The van der Waals surface area contributed by atoms with Crippen molar-refractivity contribution in [3.8, 4) is 55.6 Å². The number of anilines is 3. The summed E-state index contributed by atoms with van der Waals surface area (Å²) in [6.45, 7) is 0. The highest BCUT2D eigenvalue weighted by molar-refractivity contribution is 7.26.